The maximum atomic E-state index is 12.1. The Morgan fingerprint density at radius 2 is 2.04 bits per heavy atom. The summed E-state index contributed by atoms with van der Waals surface area (Å²) in [7, 11) is 0. The fourth-order valence-electron chi connectivity index (χ4n) is 2.33. The largest absolute Gasteiger partial charge is 0.326 e. The number of fused-ring (bicyclic) bond motifs is 1. The minimum Gasteiger partial charge on any atom is -0.326 e. The van der Waals surface area contributed by atoms with E-state index in [9.17, 15) is 4.79 Å². The summed E-state index contributed by atoms with van der Waals surface area (Å²) in [5.41, 5.74) is 3.15. The molecule has 0 spiro atoms. The van der Waals surface area contributed by atoms with Crippen molar-refractivity contribution in [3.63, 3.8) is 0 Å². The Kier molecular flexibility index (Phi) is 3.82. The minimum atomic E-state index is -0.0390. The van der Waals surface area contributed by atoms with E-state index in [1.165, 1.54) is 0 Å². The van der Waals surface area contributed by atoms with Gasteiger partial charge in [0.05, 0.1) is 5.69 Å². The molecule has 1 amide bonds. The van der Waals surface area contributed by atoms with Gasteiger partial charge >= 0.3 is 0 Å². The maximum absolute atomic E-state index is 12.1. The lowest BCUT2D eigenvalue weighted by atomic mass is 9.92. The molecule has 0 saturated carbocycles. The van der Waals surface area contributed by atoms with Crippen molar-refractivity contribution in [2.45, 2.75) is 27.2 Å². The predicted molar refractivity (Wildman–Crippen MR) is 88.9 cm³/mol. The van der Waals surface area contributed by atoms with Gasteiger partial charge in [0.1, 0.15) is 6.33 Å². The average Bonchev–Trinajstić information content (AvgIpc) is 2.92. The summed E-state index contributed by atoms with van der Waals surface area (Å²) >= 11 is 0. The lowest BCUT2D eigenvalue weighted by Gasteiger charge is -2.17. The van der Waals surface area contributed by atoms with E-state index < -0.39 is 0 Å². The zero-order chi connectivity index (χ0) is 16.4. The molecule has 0 aliphatic carbocycles. The lowest BCUT2D eigenvalue weighted by molar-refractivity contribution is -0.117. The summed E-state index contributed by atoms with van der Waals surface area (Å²) < 4.78 is 1.63. The van der Waals surface area contributed by atoms with Crippen molar-refractivity contribution in [1.82, 2.24) is 19.8 Å². The van der Waals surface area contributed by atoms with Crippen LogP contribution in [-0.2, 0) is 4.79 Å². The van der Waals surface area contributed by atoms with Gasteiger partial charge in [-0.2, -0.15) is 9.61 Å². The van der Waals surface area contributed by atoms with Gasteiger partial charge in [0.25, 0.3) is 0 Å². The molecular formula is C17H19N5O. The summed E-state index contributed by atoms with van der Waals surface area (Å²) in [6, 6.07) is 11.4. The fourth-order valence-corrected chi connectivity index (χ4v) is 2.33. The molecule has 1 aromatic carbocycles. The fraction of sp³-hybridized carbons (Fsp3) is 0.294. The smallest absolute Gasteiger partial charge is 0.224 e. The number of aromatic nitrogens is 4. The molecule has 0 saturated heterocycles. The van der Waals surface area contributed by atoms with Gasteiger partial charge in [-0.25, -0.2) is 0 Å². The van der Waals surface area contributed by atoms with Gasteiger partial charge in [-0.1, -0.05) is 32.9 Å². The SMILES string of the molecule is CC(C)(C)CC(=O)Nc1cccc(-c2ccc3nncn3n2)c1. The first-order valence-electron chi connectivity index (χ1n) is 7.48. The molecule has 0 aliphatic heterocycles. The summed E-state index contributed by atoms with van der Waals surface area (Å²) in [6.45, 7) is 6.13. The summed E-state index contributed by atoms with van der Waals surface area (Å²) in [6.07, 6.45) is 2.04. The van der Waals surface area contributed by atoms with Gasteiger partial charge in [0.15, 0.2) is 5.65 Å². The number of hydrogen-bond donors (Lipinski definition) is 1. The van der Waals surface area contributed by atoms with Gasteiger partial charge in [0.2, 0.25) is 5.91 Å². The van der Waals surface area contributed by atoms with Crippen LogP contribution < -0.4 is 5.32 Å². The van der Waals surface area contributed by atoms with Crippen molar-refractivity contribution in [3.05, 3.63) is 42.7 Å². The molecular weight excluding hydrogens is 290 g/mol. The molecule has 118 valence electrons. The van der Waals surface area contributed by atoms with Crippen molar-refractivity contribution in [1.29, 1.82) is 0 Å². The zero-order valence-electron chi connectivity index (χ0n) is 13.4. The van der Waals surface area contributed by atoms with Crippen LogP contribution in [0.1, 0.15) is 27.2 Å². The van der Waals surface area contributed by atoms with Crippen LogP contribution >= 0.6 is 0 Å². The molecule has 0 bridgehead atoms. The van der Waals surface area contributed by atoms with Crippen LogP contribution in [0.15, 0.2) is 42.7 Å². The van der Waals surface area contributed by atoms with Crippen molar-refractivity contribution >= 4 is 17.2 Å². The average molecular weight is 309 g/mol. The van der Waals surface area contributed by atoms with Crippen molar-refractivity contribution in [3.8, 4) is 11.3 Å². The maximum Gasteiger partial charge on any atom is 0.224 e. The van der Waals surface area contributed by atoms with Gasteiger partial charge < -0.3 is 5.32 Å². The first kappa shape index (κ1) is 15.1. The van der Waals surface area contributed by atoms with E-state index >= 15 is 0 Å². The predicted octanol–water partition coefficient (Wildman–Crippen LogP) is 3.17. The lowest BCUT2D eigenvalue weighted by Crippen LogP contribution is -2.19. The highest BCUT2D eigenvalue weighted by atomic mass is 16.1. The van der Waals surface area contributed by atoms with Crippen LogP contribution in [0.2, 0.25) is 0 Å². The van der Waals surface area contributed by atoms with Crippen molar-refractivity contribution in [2.75, 3.05) is 5.32 Å². The molecule has 1 N–H and O–H groups in total. The second kappa shape index (κ2) is 5.79. The number of benzene rings is 1. The quantitative estimate of drug-likeness (QED) is 0.806. The zero-order valence-corrected chi connectivity index (χ0v) is 13.4. The number of amides is 1. The summed E-state index contributed by atoms with van der Waals surface area (Å²) in [4.78, 5) is 12.1. The highest BCUT2D eigenvalue weighted by Gasteiger charge is 2.16. The van der Waals surface area contributed by atoms with E-state index in [1.807, 2.05) is 57.2 Å². The van der Waals surface area contributed by atoms with E-state index in [1.54, 1.807) is 10.8 Å². The number of carbonyl (C=O) groups is 1. The Hall–Kier alpha value is -2.76. The Morgan fingerprint density at radius 1 is 1.22 bits per heavy atom. The Balaban J connectivity index is 1.83. The Bertz CT molecular complexity index is 847. The highest BCUT2D eigenvalue weighted by molar-refractivity contribution is 5.91. The third kappa shape index (κ3) is 3.71. The van der Waals surface area contributed by atoms with E-state index in [4.69, 9.17) is 0 Å². The first-order valence-corrected chi connectivity index (χ1v) is 7.48. The number of carbonyl (C=O) groups excluding carboxylic acids is 1. The third-order valence-electron chi connectivity index (χ3n) is 3.29. The van der Waals surface area contributed by atoms with E-state index in [0.29, 0.717) is 12.1 Å². The van der Waals surface area contributed by atoms with Crippen LogP contribution in [-0.4, -0.2) is 25.7 Å². The van der Waals surface area contributed by atoms with E-state index in [-0.39, 0.29) is 11.3 Å². The molecule has 6 heteroatoms. The molecule has 0 aliphatic rings. The van der Waals surface area contributed by atoms with Gasteiger partial charge in [-0.3, -0.25) is 4.79 Å². The van der Waals surface area contributed by atoms with Gasteiger partial charge in [-0.15, -0.1) is 10.2 Å². The van der Waals surface area contributed by atoms with E-state index in [0.717, 1.165) is 16.9 Å². The topological polar surface area (TPSA) is 72.2 Å². The second-order valence-electron chi connectivity index (χ2n) is 6.72. The van der Waals surface area contributed by atoms with Crippen molar-refractivity contribution < 1.29 is 4.79 Å². The molecule has 0 atom stereocenters. The molecule has 23 heavy (non-hydrogen) atoms. The molecule has 0 radical (unpaired) electrons. The Morgan fingerprint density at radius 3 is 2.83 bits per heavy atom. The molecule has 2 heterocycles. The summed E-state index contributed by atoms with van der Waals surface area (Å²) in [5, 5.41) is 15.2. The number of hydrogen-bond acceptors (Lipinski definition) is 4. The summed E-state index contributed by atoms with van der Waals surface area (Å²) in [5.74, 6) is 0.0110. The second-order valence-corrected chi connectivity index (χ2v) is 6.72. The highest BCUT2D eigenvalue weighted by Crippen LogP contribution is 2.23. The van der Waals surface area contributed by atoms with Gasteiger partial charge in [0, 0.05) is 17.7 Å². The number of nitrogens with one attached hydrogen (secondary N) is 1. The van der Waals surface area contributed by atoms with Crippen LogP contribution in [0.3, 0.4) is 0 Å². The molecule has 0 unspecified atom stereocenters. The van der Waals surface area contributed by atoms with Gasteiger partial charge in [-0.05, 0) is 29.7 Å². The normalized spacial score (nSPS) is 11.6. The molecule has 3 aromatic rings. The Labute approximate surface area is 134 Å². The standard InChI is InChI=1S/C17H19N5O/c1-17(2,3)10-16(23)19-13-6-4-5-12(9-13)14-7-8-15-20-18-11-22(15)21-14/h4-9,11H,10H2,1-3H3,(H,19,23). The van der Waals surface area contributed by atoms with Crippen LogP contribution in [0.4, 0.5) is 5.69 Å². The van der Waals surface area contributed by atoms with Crippen molar-refractivity contribution in [2.24, 2.45) is 5.41 Å². The monoisotopic (exact) mass is 309 g/mol. The molecule has 2 aromatic heterocycles. The molecule has 6 nitrogen and oxygen atoms in total. The third-order valence-corrected chi connectivity index (χ3v) is 3.29. The number of nitrogens with zero attached hydrogens (tertiary/aromatic N) is 4. The number of rotatable bonds is 3. The number of anilines is 1. The first-order chi connectivity index (χ1) is 10.9. The molecule has 0 fully saturated rings. The minimum absolute atomic E-state index is 0.0110. The van der Waals surface area contributed by atoms with Crippen LogP contribution in [0.25, 0.3) is 16.9 Å². The van der Waals surface area contributed by atoms with Crippen LogP contribution in [0.5, 0.6) is 0 Å². The molecule has 3 rings (SSSR count). The van der Waals surface area contributed by atoms with E-state index in [2.05, 4.69) is 20.6 Å². The van der Waals surface area contributed by atoms with Crippen LogP contribution in [0, 0.1) is 5.41 Å².